The summed E-state index contributed by atoms with van der Waals surface area (Å²) in [5.74, 6) is 0.547. The fourth-order valence-corrected chi connectivity index (χ4v) is 7.49. The topological polar surface area (TPSA) is 38.7 Å². The van der Waals surface area contributed by atoms with Crippen LogP contribution in [0.25, 0.3) is 85.6 Å². The van der Waals surface area contributed by atoms with Crippen LogP contribution in [-0.4, -0.2) is 15.0 Å². The van der Waals surface area contributed by atoms with E-state index in [2.05, 4.69) is 12.1 Å². The minimum absolute atomic E-state index is 0.0122. The van der Waals surface area contributed by atoms with Crippen molar-refractivity contribution >= 4 is 63.0 Å². The Labute approximate surface area is 277 Å². The molecular weight excluding hydrogens is 575 g/mol. The van der Waals surface area contributed by atoms with Gasteiger partial charge in [0.2, 0.25) is 0 Å². The molecule has 0 bridgehead atoms. The summed E-state index contributed by atoms with van der Waals surface area (Å²) < 4.78 is 98.7. The van der Waals surface area contributed by atoms with E-state index < -0.39 is 54.4 Å². The molecule has 9 rings (SSSR count). The van der Waals surface area contributed by atoms with Crippen LogP contribution in [0.3, 0.4) is 0 Å². The smallest absolute Gasteiger partial charge is 0.164 e. The monoisotopic (exact) mass is 608 g/mol. The normalized spacial score (nSPS) is 15.1. The Balaban J connectivity index is 1.34. The Hall–Kier alpha value is -5.23. The predicted molar refractivity (Wildman–Crippen MR) is 187 cm³/mol. The van der Waals surface area contributed by atoms with Gasteiger partial charge in [0.25, 0.3) is 0 Å². The Morgan fingerprint density at radius 2 is 1.20 bits per heavy atom. The van der Waals surface area contributed by atoms with Gasteiger partial charge < -0.3 is 0 Å². The minimum atomic E-state index is -0.629. The average molecular weight is 609 g/mol. The van der Waals surface area contributed by atoms with Crippen molar-refractivity contribution in [1.82, 2.24) is 15.0 Å². The van der Waals surface area contributed by atoms with Crippen molar-refractivity contribution in [2.75, 3.05) is 0 Å². The zero-order valence-corrected chi connectivity index (χ0v) is 24.2. The van der Waals surface area contributed by atoms with Crippen LogP contribution < -0.4 is 0 Å². The van der Waals surface area contributed by atoms with Crippen molar-refractivity contribution < 1.29 is 15.1 Å². The van der Waals surface area contributed by atoms with Gasteiger partial charge in [-0.3, -0.25) is 0 Å². The zero-order chi connectivity index (χ0) is 38.6. The lowest BCUT2D eigenvalue weighted by molar-refractivity contribution is 1.08. The van der Waals surface area contributed by atoms with E-state index in [0.29, 0.717) is 11.1 Å². The maximum atomic E-state index is 9.50. The summed E-state index contributed by atoms with van der Waals surface area (Å²) in [5.41, 5.74) is 0.772. The van der Waals surface area contributed by atoms with Gasteiger partial charge in [0.05, 0.1) is 15.1 Å². The Morgan fingerprint density at radius 3 is 2.07 bits per heavy atom. The first-order valence-corrected chi connectivity index (χ1v) is 15.3. The standard InChI is InChI=1S/C39H23N3S2/c1-3-10-24(11-4-1)28-15-9-16-31-30-20-18-27(23-35(30)44-36(28)31)39-41-37(25-12-5-2-6-13-25)40-38(42-39)26-19-21-34-32(22-26)29-14-7-8-17-33(29)43-34/h1-23H/i1D,3D,4D,9D,10D,11D,15D,16D,18D,20D,23D. The molecule has 0 atom stereocenters. The highest BCUT2D eigenvalue weighted by atomic mass is 32.1. The molecule has 0 amide bonds. The van der Waals surface area contributed by atoms with E-state index in [1.807, 2.05) is 60.7 Å². The van der Waals surface area contributed by atoms with Crippen LogP contribution in [0.2, 0.25) is 0 Å². The van der Waals surface area contributed by atoms with Gasteiger partial charge in [-0.1, -0.05) is 109 Å². The van der Waals surface area contributed by atoms with E-state index in [1.165, 1.54) is 0 Å². The summed E-state index contributed by atoms with van der Waals surface area (Å²) in [5, 5.41) is 2.10. The van der Waals surface area contributed by atoms with Crippen LogP contribution in [0.5, 0.6) is 0 Å². The molecule has 0 saturated heterocycles. The summed E-state index contributed by atoms with van der Waals surface area (Å²) in [6, 6.07) is 17.6. The molecule has 5 heteroatoms. The summed E-state index contributed by atoms with van der Waals surface area (Å²) in [6.45, 7) is 0. The lowest BCUT2D eigenvalue weighted by Crippen LogP contribution is -2.00. The molecular formula is C39H23N3S2. The SMILES string of the molecule is [2H]c1c([2H])c([2H])c(-c2c([2H])c([2H])c([2H])c3c2sc2c([2H])c(-c4nc(-c5ccccc5)nc(-c5ccc6sc7ccccc7c6c5)n4)c([2H])c([2H])c23)c([2H])c1[2H]. The third kappa shape index (κ3) is 4.21. The average Bonchev–Trinajstić information content (AvgIpc) is 3.78. The number of fused-ring (bicyclic) bond motifs is 6. The van der Waals surface area contributed by atoms with E-state index in [0.717, 1.165) is 31.5 Å². The van der Waals surface area contributed by atoms with Gasteiger partial charge >= 0.3 is 0 Å². The highest BCUT2D eigenvalue weighted by molar-refractivity contribution is 7.26. The molecule has 0 spiro atoms. The summed E-state index contributed by atoms with van der Waals surface area (Å²) in [4.78, 5) is 14.4. The first kappa shape index (κ1) is 16.6. The van der Waals surface area contributed by atoms with Crippen molar-refractivity contribution in [3.8, 4) is 45.3 Å². The summed E-state index contributed by atoms with van der Waals surface area (Å²) in [7, 11) is 0. The summed E-state index contributed by atoms with van der Waals surface area (Å²) in [6.07, 6.45) is 0. The molecule has 3 heterocycles. The number of benzene rings is 6. The molecule has 0 saturated carbocycles. The Kier molecular flexibility index (Phi) is 3.84. The van der Waals surface area contributed by atoms with Crippen LogP contribution in [0.4, 0.5) is 0 Å². The maximum absolute atomic E-state index is 9.50. The lowest BCUT2D eigenvalue weighted by Gasteiger charge is -2.09. The third-order valence-corrected chi connectivity index (χ3v) is 9.61. The van der Waals surface area contributed by atoms with Crippen LogP contribution in [-0.2, 0) is 0 Å². The molecule has 0 unspecified atom stereocenters. The first-order valence-electron chi connectivity index (χ1n) is 19.1. The molecule has 0 aliphatic rings. The molecule has 3 nitrogen and oxygen atoms in total. The van der Waals surface area contributed by atoms with Crippen LogP contribution in [0.15, 0.2) is 139 Å². The van der Waals surface area contributed by atoms with Crippen LogP contribution in [0, 0.1) is 0 Å². The molecule has 206 valence electrons. The fourth-order valence-electron chi connectivity index (χ4n) is 5.28. The van der Waals surface area contributed by atoms with Gasteiger partial charge in [0, 0.05) is 57.0 Å². The fraction of sp³-hybridized carbons (Fsp3) is 0. The minimum Gasteiger partial charge on any atom is -0.208 e. The quantitative estimate of drug-likeness (QED) is 0.199. The van der Waals surface area contributed by atoms with Crippen molar-refractivity contribution in [3.63, 3.8) is 0 Å². The number of nitrogens with zero attached hydrogens (tertiary/aromatic N) is 3. The molecule has 6 aromatic carbocycles. The molecule has 0 fully saturated rings. The van der Waals surface area contributed by atoms with Crippen LogP contribution in [0.1, 0.15) is 15.1 Å². The van der Waals surface area contributed by atoms with Gasteiger partial charge in [0.1, 0.15) is 0 Å². The molecule has 3 aromatic heterocycles. The van der Waals surface area contributed by atoms with Gasteiger partial charge in [-0.2, -0.15) is 0 Å². The molecule has 0 aliphatic heterocycles. The number of hydrogen-bond acceptors (Lipinski definition) is 5. The van der Waals surface area contributed by atoms with Crippen molar-refractivity contribution in [2.24, 2.45) is 0 Å². The highest BCUT2D eigenvalue weighted by Gasteiger charge is 2.16. The van der Waals surface area contributed by atoms with Gasteiger partial charge in [-0.15, -0.1) is 22.7 Å². The molecule has 9 aromatic rings. The summed E-state index contributed by atoms with van der Waals surface area (Å²) >= 11 is 2.57. The Bertz CT molecular complexity index is 3100. The van der Waals surface area contributed by atoms with E-state index in [9.17, 15) is 4.11 Å². The highest BCUT2D eigenvalue weighted by Crippen LogP contribution is 2.41. The van der Waals surface area contributed by atoms with E-state index >= 15 is 0 Å². The third-order valence-electron chi connectivity index (χ3n) is 7.34. The molecule has 0 N–H and O–H groups in total. The van der Waals surface area contributed by atoms with Gasteiger partial charge in [-0.05, 0) is 41.4 Å². The predicted octanol–water partition coefficient (Wildman–Crippen LogP) is 11.3. The first-order chi connectivity index (χ1) is 26.4. The number of aromatic nitrogens is 3. The largest absolute Gasteiger partial charge is 0.208 e. The van der Waals surface area contributed by atoms with E-state index in [1.54, 1.807) is 11.3 Å². The number of rotatable bonds is 4. The second-order valence-corrected chi connectivity index (χ2v) is 12.1. The maximum Gasteiger partial charge on any atom is 0.164 e. The second-order valence-electron chi connectivity index (χ2n) is 9.99. The molecule has 44 heavy (non-hydrogen) atoms. The van der Waals surface area contributed by atoms with Gasteiger partial charge in [0.15, 0.2) is 17.5 Å². The molecule has 0 aliphatic carbocycles. The lowest BCUT2D eigenvalue weighted by atomic mass is 10.0. The van der Waals surface area contributed by atoms with Gasteiger partial charge in [-0.25, -0.2) is 15.0 Å². The number of thiophene rings is 2. The van der Waals surface area contributed by atoms with Crippen molar-refractivity contribution in [2.45, 2.75) is 0 Å². The van der Waals surface area contributed by atoms with Crippen molar-refractivity contribution in [1.29, 1.82) is 0 Å². The zero-order valence-electron chi connectivity index (χ0n) is 33.6. The number of hydrogen-bond donors (Lipinski definition) is 0. The van der Waals surface area contributed by atoms with Crippen LogP contribution >= 0.6 is 22.7 Å². The Morgan fingerprint density at radius 1 is 0.455 bits per heavy atom. The van der Waals surface area contributed by atoms with Crippen molar-refractivity contribution in [3.05, 3.63) is 139 Å². The second kappa shape index (κ2) is 10.2. The van der Waals surface area contributed by atoms with E-state index in [4.69, 9.17) is 25.9 Å². The van der Waals surface area contributed by atoms with E-state index in [-0.39, 0.29) is 66.4 Å². The molecule has 0 radical (unpaired) electrons.